The van der Waals surface area contributed by atoms with Gasteiger partial charge in [-0.2, -0.15) is 0 Å². The monoisotopic (exact) mass is 289 g/mol. The number of aliphatic hydroxyl groups excluding tert-OH is 1. The SMILES string of the molecule is NCC1(C(O)c2cc(Cl)ccc2Cl)CCCOC1. The molecule has 3 nitrogen and oxygen atoms in total. The van der Waals surface area contributed by atoms with Gasteiger partial charge in [0.05, 0.1) is 12.7 Å². The number of halogens is 2. The first kappa shape index (κ1) is 14.1. The van der Waals surface area contributed by atoms with Crippen LogP contribution in [0.5, 0.6) is 0 Å². The Balaban J connectivity index is 2.33. The third-order valence-electron chi connectivity index (χ3n) is 3.59. The minimum absolute atomic E-state index is 0.358. The summed E-state index contributed by atoms with van der Waals surface area (Å²) in [6, 6.07) is 5.09. The Labute approximate surface area is 117 Å². The topological polar surface area (TPSA) is 55.5 Å². The summed E-state index contributed by atoms with van der Waals surface area (Å²) < 4.78 is 5.47. The van der Waals surface area contributed by atoms with Crippen molar-refractivity contribution in [2.24, 2.45) is 11.1 Å². The van der Waals surface area contributed by atoms with E-state index in [1.54, 1.807) is 18.2 Å². The van der Waals surface area contributed by atoms with Gasteiger partial charge in [-0.25, -0.2) is 0 Å². The Hall–Kier alpha value is -0.320. The maximum atomic E-state index is 10.6. The summed E-state index contributed by atoms with van der Waals surface area (Å²) in [5.41, 5.74) is 6.01. The molecule has 0 amide bonds. The van der Waals surface area contributed by atoms with E-state index in [0.29, 0.717) is 28.8 Å². The van der Waals surface area contributed by atoms with Crippen molar-refractivity contribution < 1.29 is 9.84 Å². The van der Waals surface area contributed by atoms with E-state index in [1.165, 1.54) is 0 Å². The standard InChI is InChI=1S/C13H17Cl2NO2/c14-9-2-3-11(15)10(6-9)12(17)13(7-16)4-1-5-18-8-13/h2-3,6,12,17H,1,4-5,7-8,16H2. The van der Waals surface area contributed by atoms with Gasteiger partial charge in [-0.1, -0.05) is 23.2 Å². The molecular formula is C13H17Cl2NO2. The van der Waals surface area contributed by atoms with Gasteiger partial charge < -0.3 is 15.6 Å². The van der Waals surface area contributed by atoms with E-state index in [0.717, 1.165) is 19.4 Å². The first-order valence-electron chi connectivity index (χ1n) is 6.00. The fourth-order valence-electron chi connectivity index (χ4n) is 2.42. The molecule has 1 fully saturated rings. The highest BCUT2D eigenvalue weighted by Crippen LogP contribution is 2.42. The molecule has 1 aliphatic heterocycles. The summed E-state index contributed by atoms with van der Waals surface area (Å²) in [4.78, 5) is 0. The van der Waals surface area contributed by atoms with Crippen molar-refractivity contribution in [1.29, 1.82) is 0 Å². The third-order valence-corrected chi connectivity index (χ3v) is 4.17. The molecule has 18 heavy (non-hydrogen) atoms. The third kappa shape index (κ3) is 2.65. The van der Waals surface area contributed by atoms with E-state index in [9.17, 15) is 5.11 Å². The molecule has 2 atom stereocenters. The van der Waals surface area contributed by atoms with E-state index in [-0.39, 0.29) is 0 Å². The lowest BCUT2D eigenvalue weighted by Crippen LogP contribution is -2.43. The van der Waals surface area contributed by atoms with E-state index >= 15 is 0 Å². The number of hydrogen-bond donors (Lipinski definition) is 2. The lowest BCUT2D eigenvalue weighted by atomic mass is 9.75. The van der Waals surface area contributed by atoms with Crippen molar-refractivity contribution in [3.63, 3.8) is 0 Å². The summed E-state index contributed by atoms with van der Waals surface area (Å²) >= 11 is 12.1. The molecule has 5 heteroatoms. The highest BCUT2D eigenvalue weighted by Gasteiger charge is 2.40. The Kier molecular flexibility index (Phi) is 4.51. The normalized spacial score (nSPS) is 26.0. The Morgan fingerprint density at radius 1 is 1.44 bits per heavy atom. The number of hydrogen-bond acceptors (Lipinski definition) is 3. The zero-order chi connectivity index (χ0) is 13.2. The van der Waals surface area contributed by atoms with E-state index in [4.69, 9.17) is 33.7 Å². The van der Waals surface area contributed by atoms with Crippen LogP contribution in [-0.2, 0) is 4.74 Å². The van der Waals surface area contributed by atoms with Crippen LogP contribution in [0.15, 0.2) is 18.2 Å². The van der Waals surface area contributed by atoms with Gasteiger partial charge >= 0.3 is 0 Å². The molecule has 3 N–H and O–H groups in total. The summed E-state index contributed by atoms with van der Waals surface area (Å²) in [5, 5.41) is 11.7. The fourth-order valence-corrected chi connectivity index (χ4v) is 2.82. The Morgan fingerprint density at radius 2 is 2.22 bits per heavy atom. The van der Waals surface area contributed by atoms with Crippen LogP contribution in [0.1, 0.15) is 24.5 Å². The molecule has 0 saturated carbocycles. The Bertz CT molecular complexity index is 419. The first-order valence-corrected chi connectivity index (χ1v) is 6.75. The van der Waals surface area contributed by atoms with Crippen LogP contribution < -0.4 is 5.73 Å². The van der Waals surface area contributed by atoms with Crippen molar-refractivity contribution in [1.82, 2.24) is 0 Å². The second kappa shape index (κ2) is 5.76. The summed E-state index contributed by atoms with van der Waals surface area (Å²) in [6.45, 7) is 1.53. The second-order valence-electron chi connectivity index (χ2n) is 4.79. The average molecular weight is 290 g/mol. The zero-order valence-corrected chi connectivity index (χ0v) is 11.5. The largest absolute Gasteiger partial charge is 0.388 e. The average Bonchev–Trinajstić information content (AvgIpc) is 2.41. The minimum Gasteiger partial charge on any atom is -0.388 e. The molecule has 100 valence electrons. The van der Waals surface area contributed by atoms with Crippen LogP contribution in [0.2, 0.25) is 10.0 Å². The summed E-state index contributed by atoms with van der Waals surface area (Å²) in [5.74, 6) is 0. The molecule has 1 aliphatic rings. The number of benzene rings is 1. The predicted octanol–water partition coefficient (Wildman–Crippen LogP) is 2.78. The van der Waals surface area contributed by atoms with E-state index in [1.807, 2.05) is 0 Å². The zero-order valence-electron chi connectivity index (χ0n) is 10.0. The van der Waals surface area contributed by atoms with Crippen molar-refractivity contribution in [3.05, 3.63) is 33.8 Å². The molecule has 1 aromatic rings. The molecule has 1 aromatic carbocycles. The van der Waals surface area contributed by atoms with Crippen molar-refractivity contribution in [2.75, 3.05) is 19.8 Å². The molecule has 0 spiro atoms. The van der Waals surface area contributed by atoms with Crippen LogP contribution in [0.25, 0.3) is 0 Å². The second-order valence-corrected chi connectivity index (χ2v) is 5.63. The van der Waals surface area contributed by atoms with Crippen LogP contribution in [0.3, 0.4) is 0 Å². The molecule has 0 aliphatic carbocycles. The summed E-state index contributed by atoms with van der Waals surface area (Å²) in [6.07, 6.45) is 0.967. The number of nitrogens with two attached hydrogens (primary N) is 1. The lowest BCUT2D eigenvalue weighted by molar-refractivity contribution is -0.0781. The summed E-state index contributed by atoms with van der Waals surface area (Å²) in [7, 11) is 0. The molecule has 2 rings (SSSR count). The molecular weight excluding hydrogens is 273 g/mol. The van der Waals surface area contributed by atoms with Crippen molar-refractivity contribution in [2.45, 2.75) is 18.9 Å². The van der Waals surface area contributed by atoms with Gasteiger partial charge in [0, 0.05) is 34.2 Å². The van der Waals surface area contributed by atoms with Crippen molar-refractivity contribution in [3.8, 4) is 0 Å². The minimum atomic E-state index is -0.756. The van der Waals surface area contributed by atoms with Gasteiger partial charge in [0.25, 0.3) is 0 Å². The highest BCUT2D eigenvalue weighted by molar-refractivity contribution is 6.33. The molecule has 2 unspecified atom stereocenters. The van der Waals surface area contributed by atoms with Gasteiger partial charge in [-0.15, -0.1) is 0 Å². The maximum Gasteiger partial charge on any atom is 0.0895 e. The van der Waals surface area contributed by atoms with Gasteiger partial charge in [-0.3, -0.25) is 0 Å². The smallest absolute Gasteiger partial charge is 0.0895 e. The fraction of sp³-hybridized carbons (Fsp3) is 0.538. The Morgan fingerprint density at radius 3 is 2.83 bits per heavy atom. The van der Waals surface area contributed by atoms with Crippen molar-refractivity contribution >= 4 is 23.2 Å². The van der Waals surface area contributed by atoms with Crippen LogP contribution >= 0.6 is 23.2 Å². The number of aliphatic hydroxyl groups is 1. The van der Waals surface area contributed by atoms with E-state index < -0.39 is 11.5 Å². The maximum absolute atomic E-state index is 10.6. The van der Waals surface area contributed by atoms with E-state index in [2.05, 4.69) is 0 Å². The van der Waals surface area contributed by atoms with Gasteiger partial charge in [0.1, 0.15) is 0 Å². The van der Waals surface area contributed by atoms with Crippen LogP contribution in [0.4, 0.5) is 0 Å². The molecule has 0 aromatic heterocycles. The number of rotatable bonds is 3. The molecule has 0 radical (unpaired) electrons. The quantitative estimate of drug-likeness (QED) is 0.900. The number of ether oxygens (including phenoxy) is 1. The van der Waals surface area contributed by atoms with Gasteiger partial charge in [0.2, 0.25) is 0 Å². The van der Waals surface area contributed by atoms with Gasteiger partial charge in [0.15, 0.2) is 0 Å². The molecule has 1 heterocycles. The highest BCUT2D eigenvalue weighted by atomic mass is 35.5. The molecule has 1 saturated heterocycles. The van der Waals surface area contributed by atoms with Crippen LogP contribution in [0, 0.1) is 5.41 Å². The van der Waals surface area contributed by atoms with Crippen LogP contribution in [-0.4, -0.2) is 24.9 Å². The molecule has 0 bridgehead atoms. The predicted molar refractivity (Wildman–Crippen MR) is 73.0 cm³/mol. The lowest BCUT2D eigenvalue weighted by Gasteiger charge is -2.40. The van der Waals surface area contributed by atoms with Gasteiger partial charge in [-0.05, 0) is 31.0 Å². The first-order chi connectivity index (χ1) is 8.59.